The monoisotopic (exact) mass is 332 g/mol. The highest BCUT2D eigenvalue weighted by molar-refractivity contribution is 5.31. The molecule has 0 unspecified atom stereocenters. The van der Waals surface area contributed by atoms with E-state index >= 15 is 0 Å². The van der Waals surface area contributed by atoms with Crippen molar-refractivity contribution in [3.63, 3.8) is 0 Å². The largest absolute Gasteiger partial charge is 0.379 e. The summed E-state index contributed by atoms with van der Waals surface area (Å²) < 4.78 is 11.8. The molecule has 0 bridgehead atoms. The number of aryl methyl sites for hydroxylation is 1. The molecular formula is C18H28N4O2. The van der Waals surface area contributed by atoms with Gasteiger partial charge in [0.1, 0.15) is 0 Å². The van der Waals surface area contributed by atoms with Crippen molar-refractivity contribution < 1.29 is 9.47 Å². The molecule has 0 aliphatic carbocycles. The Bertz CT molecular complexity index is 536. The van der Waals surface area contributed by atoms with Crippen molar-refractivity contribution in [2.24, 2.45) is 0 Å². The maximum absolute atomic E-state index is 6.32. The third kappa shape index (κ3) is 3.27. The molecule has 0 amide bonds. The third-order valence-electron chi connectivity index (χ3n) is 5.81. The van der Waals surface area contributed by atoms with Gasteiger partial charge >= 0.3 is 0 Å². The topological polar surface area (TPSA) is 50.7 Å². The molecule has 0 aromatic carbocycles. The summed E-state index contributed by atoms with van der Waals surface area (Å²) in [7, 11) is 0. The fourth-order valence-corrected chi connectivity index (χ4v) is 4.15. The number of ether oxygens (including phenoxy) is 2. The summed E-state index contributed by atoms with van der Waals surface area (Å²) in [4.78, 5) is 13.9. The van der Waals surface area contributed by atoms with Crippen molar-refractivity contribution in [3.8, 4) is 0 Å². The van der Waals surface area contributed by atoms with E-state index in [1.165, 1.54) is 5.56 Å². The maximum Gasteiger partial charge on any atom is 0.225 e. The van der Waals surface area contributed by atoms with Gasteiger partial charge in [-0.25, -0.2) is 9.97 Å². The van der Waals surface area contributed by atoms with Crippen molar-refractivity contribution in [2.45, 2.75) is 44.2 Å². The minimum atomic E-state index is 0.0723. The Morgan fingerprint density at radius 2 is 1.83 bits per heavy atom. The predicted octanol–water partition coefficient (Wildman–Crippen LogP) is 1.50. The molecule has 4 heterocycles. The van der Waals surface area contributed by atoms with Crippen LogP contribution in [-0.2, 0) is 15.9 Å². The quantitative estimate of drug-likeness (QED) is 0.836. The summed E-state index contributed by atoms with van der Waals surface area (Å²) in [5.74, 6) is 0.866. The van der Waals surface area contributed by atoms with E-state index in [9.17, 15) is 0 Å². The molecule has 6 nitrogen and oxygen atoms in total. The number of hydrogen-bond donors (Lipinski definition) is 0. The fraction of sp³-hybridized carbons (Fsp3) is 0.778. The molecule has 1 aromatic rings. The minimum absolute atomic E-state index is 0.0723. The van der Waals surface area contributed by atoms with E-state index in [2.05, 4.69) is 26.7 Å². The molecule has 3 saturated heterocycles. The Balaban J connectivity index is 1.33. The molecule has 0 saturated carbocycles. The van der Waals surface area contributed by atoms with Gasteiger partial charge in [0.05, 0.1) is 25.4 Å². The highest BCUT2D eigenvalue weighted by atomic mass is 16.5. The lowest BCUT2D eigenvalue weighted by Crippen LogP contribution is -2.47. The van der Waals surface area contributed by atoms with Crippen molar-refractivity contribution in [3.05, 3.63) is 18.0 Å². The first-order valence-electron chi connectivity index (χ1n) is 9.30. The molecule has 4 rings (SSSR count). The van der Waals surface area contributed by atoms with E-state index in [1.54, 1.807) is 0 Å². The van der Waals surface area contributed by atoms with Crippen molar-refractivity contribution in [2.75, 3.05) is 50.9 Å². The molecule has 0 radical (unpaired) electrons. The first-order chi connectivity index (χ1) is 11.8. The summed E-state index contributed by atoms with van der Waals surface area (Å²) >= 11 is 0. The fourth-order valence-electron chi connectivity index (χ4n) is 4.15. The lowest BCUT2D eigenvalue weighted by molar-refractivity contribution is -0.0184. The number of rotatable bonds is 3. The van der Waals surface area contributed by atoms with Crippen LogP contribution in [0.1, 0.15) is 31.7 Å². The molecule has 3 aliphatic rings. The summed E-state index contributed by atoms with van der Waals surface area (Å²) in [5, 5.41) is 0. The molecule has 1 spiro atoms. The number of aromatic nitrogens is 2. The highest BCUT2D eigenvalue weighted by Gasteiger charge is 2.44. The second kappa shape index (κ2) is 6.94. The van der Waals surface area contributed by atoms with Gasteiger partial charge in [-0.1, -0.05) is 6.92 Å². The highest BCUT2D eigenvalue weighted by Crippen LogP contribution is 2.38. The Hall–Kier alpha value is -1.24. The van der Waals surface area contributed by atoms with Gasteiger partial charge in [0.2, 0.25) is 5.95 Å². The molecular weight excluding hydrogens is 304 g/mol. The number of hydrogen-bond acceptors (Lipinski definition) is 6. The molecule has 6 heteroatoms. The molecule has 1 aromatic heterocycles. The van der Waals surface area contributed by atoms with E-state index in [0.29, 0.717) is 6.04 Å². The van der Waals surface area contributed by atoms with E-state index < -0.39 is 0 Å². The minimum Gasteiger partial charge on any atom is -0.379 e. The Kier molecular flexibility index (Phi) is 4.70. The molecule has 0 N–H and O–H groups in total. The molecule has 132 valence electrons. The first-order valence-corrected chi connectivity index (χ1v) is 9.30. The second-order valence-corrected chi connectivity index (χ2v) is 7.23. The smallest absolute Gasteiger partial charge is 0.225 e. The van der Waals surface area contributed by atoms with E-state index in [1.807, 2.05) is 12.4 Å². The standard InChI is InChI=1S/C18H28N4O2/c1-2-15-12-19-17(20-13-15)22-5-3-18(4-6-22)11-16(14-24-18)21-7-9-23-10-8-21/h12-13,16H,2-11,14H2,1H3/t16-/m0/s1. The second-order valence-electron chi connectivity index (χ2n) is 7.23. The number of nitrogens with zero attached hydrogens (tertiary/aromatic N) is 4. The lowest BCUT2D eigenvalue weighted by atomic mass is 9.87. The SMILES string of the molecule is CCc1cnc(N2CCC3(CC2)C[C@H](N2CCOCC2)CO3)nc1. The Labute approximate surface area is 144 Å². The zero-order chi connectivity index (χ0) is 16.4. The molecule has 3 fully saturated rings. The van der Waals surface area contributed by atoms with Gasteiger partial charge in [-0.05, 0) is 31.2 Å². The van der Waals surface area contributed by atoms with Gasteiger partial charge in [-0.15, -0.1) is 0 Å². The molecule has 1 atom stereocenters. The number of piperidine rings is 1. The van der Waals surface area contributed by atoms with Crippen LogP contribution in [0.2, 0.25) is 0 Å². The summed E-state index contributed by atoms with van der Waals surface area (Å²) in [6.45, 7) is 8.81. The predicted molar refractivity (Wildman–Crippen MR) is 92.3 cm³/mol. The van der Waals surface area contributed by atoms with Crippen LogP contribution in [0.5, 0.6) is 0 Å². The van der Waals surface area contributed by atoms with Crippen LogP contribution in [0.25, 0.3) is 0 Å². The lowest BCUT2D eigenvalue weighted by Gasteiger charge is -2.39. The zero-order valence-corrected chi connectivity index (χ0v) is 14.6. The normalized spacial score (nSPS) is 27.7. The van der Waals surface area contributed by atoms with Crippen LogP contribution < -0.4 is 4.90 Å². The Morgan fingerprint density at radius 3 is 2.50 bits per heavy atom. The van der Waals surface area contributed by atoms with Crippen LogP contribution in [0.4, 0.5) is 5.95 Å². The van der Waals surface area contributed by atoms with Gasteiger partial charge in [0.15, 0.2) is 0 Å². The zero-order valence-electron chi connectivity index (χ0n) is 14.6. The van der Waals surface area contributed by atoms with Gasteiger partial charge in [0, 0.05) is 44.6 Å². The van der Waals surface area contributed by atoms with Gasteiger partial charge in [-0.2, -0.15) is 0 Å². The van der Waals surface area contributed by atoms with Crippen molar-refractivity contribution in [1.82, 2.24) is 14.9 Å². The van der Waals surface area contributed by atoms with Crippen LogP contribution in [0.3, 0.4) is 0 Å². The summed E-state index contributed by atoms with van der Waals surface area (Å²) in [6.07, 6.45) is 8.20. The molecule has 24 heavy (non-hydrogen) atoms. The summed E-state index contributed by atoms with van der Waals surface area (Å²) in [5.41, 5.74) is 1.27. The Morgan fingerprint density at radius 1 is 1.12 bits per heavy atom. The van der Waals surface area contributed by atoms with Gasteiger partial charge in [0.25, 0.3) is 0 Å². The summed E-state index contributed by atoms with van der Waals surface area (Å²) in [6, 6.07) is 0.570. The number of morpholine rings is 1. The maximum atomic E-state index is 6.32. The van der Waals surface area contributed by atoms with Gasteiger partial charge < -0.3 is 14.4 Å². The van der Waals surface area contributed by atoms with Crippen LogP contribution >= 0.6 is 0 Å². The van der Waals surface area contributed by atoms with Crippen molar-refractivity contribution >= 4 is 5.95 Å². The molecule has 3 aliphatic heterocycles. The van der Waals surface area contributed by atoms with Crippen molar-refractivity contribution in [1.29, 1.82) is 0 Å². The number of anilines is 1. The van der Waals surface area contributed by atoms with Crippen LogP contribution in [0.15, 0.2) is 12.4 Å². The van der Waals surface area contributed by atoms with Crippen LogP contribution in [-0.4, -0.2) is 72.5 Å². The van der Waals surface area contributed by atoms with E-state index in [-0.39, 0.29) is 5.60 Å². The third-order valence-corrected chi connectivity index (χ3v) is 5.81. The van der Waals surface area contributed by atoms with E-state index in [0.717, 1.165) is 77.6 Å². The van der Waals surface area contributed by atoms with E-state index in [4.69, 9.17) is 9.47 Å². The average molecular weight is 332 g/mol. The van der Waals surface area contributed by atoms with Gasteiger partial charge in [-0.3, -0.25) is 4.90 Å². The first kappa shape index (κ1) is 16.2. The van der Waals surface area contributed by atoms with Crippen LogP contribution in [0, 0.1) is 0 Å². The average Bonchev–Trinajstić information content (AvgIpc) is 3.07.